The lowest BCUT2D eigenvalue weighted by atomic mass is 9.92. The van der Waals surface area contributed by atoms with Crippen molar-refractivity contribution in [2.24, 2.45) is 0 Å². The largest absolute Gasteiger partial charge is 0.489 e. The lowest BCUT2D eigenvalue weighted by Crippen LogP contribution is -2.48. The highest BCUT2D eigenvalue weighted by atomic mass is 32.2. The first-order chi connectivity index (χ1) is 23.3. The quantitative estimate of drug-likeness (QED) is 0.212. The fourth-order valence-corrected chi connectivity index (χ4v) is 9.18. The Morgan fingerprint density at radius 3 is 2.52 bits per heavy atom. The average Bonchev–Trinajstić information content (AvgIpc) is 3.75. The Morgan fingerprint density at radius 2 is 1.73 bits per heavy atom. The van der Waals surface area contributed by atoms with Crippen LogP contribution in [0.1, 0.15) is 72.0 Å². The summed E-state index contributed by atoms with van der Waals surface area (Å²) in [6, 6.07) is 13.7. The molecule has 4 unspecified atom stereocenters. The Labute approximate surface area is 285 Å². The molecule has 2 aromatic carbocycles. The first-order valence-corrected chi connectivity index (χ1v) is 18.2. The van der Waals surface area contributed by atoms with Crippen LogP contribution >= 0.6 is 11.8 Å². The number of benzene rings is 2. The summed E-state index contributed by atoms with van der Waals surface area (Å²) in [7, 11) is 0. The summed E-state index contributed by atoms with van der Waals surface area (Å²) in [4.78, 5) is 67.8. The monoisotopic (exact) mass is 673 g/mol. The van der Waals surface area contributed by atoms with Gasteiger partial charge in [-0.05, 0) is 42.5 Å². The molecule has 48 heavy (non-hydrogen) atoms. The van der Waals surface area contributed by atoms with E-state index in [1.807, 2.05) is 22.7 Å². The zero-order valence-corrected chi connectivity index (χ0v) is 28.0. The Hall–Kier alpha value is -3.90. The second-order valence-corrected chi connectivity index (χ2v) is 14.9. The summed E-state index contributed by atoms with van der Waals surface area (Å²) < 4.78 is 6.18. The van der Waals surface area contributed by atoms with Crippen molar-refractivity contribution in [3.05, 3.63) is 64.7 Å². The number of hydrogen-bond donors (Lipinski definition) is 2. The standard InChI is InChI=1S/C36H43N5O6S/c42-25-12-13-29(30(43)18-25)41-20-27-26(35(41)45)4-3-5-31(27)47-21-24-10-8-23(9-11-24)19-39-14-16-40(17-15-39)33(44)7-2-1-6-32-34-28(22-48-32)37-36(46)38-34/h3-5,8-11,28-29,32,34H,1-2,6-7,12-22H2,(H2,37,38,46). The minimum absolute atomic E-state index is 0.0522. The number of urea groups is 1. The number of piperazine rings is 1. The average molecular weight is 674 g/mol. The molecule has 4 aliphatic heterocycles. The van der Waals surface area contributed by atoms with Crippen LogP contribution in [0.3, 0.4) is 0 Å². The third kappa shape index (κ3) is 7.10. The third-order valence-corrected chi connectivity index (χ3v) is 11.9. The van der Waals surface area contributed by atoms with Gasteiger partial charge in [0.25, 0.3) is 5.91 Å². The number of amides is 4. The van der Waals surface area contributed by atoms with E-state index in [0.29, 0.717) is 49.0 Å². The Balaban J connectivity index is 0.826. The van der Waals surface area contributed by atoms with Crippen molar-refractivity contribution in [3.63, 3.8) is 0 Å². The van der Waals surface area contributed by atoms with Crippen molar-refractivity contribution in [2.75, 3.05) is 31.9 Å². The molecule has 11 nitrogen and oxygen atoms in total. The molecular formula is C36H43N5O6S. The highest BCUT2D eigenvalue weighted by molar-refractivity contribution is 8.00. The number of hydrogen-bond acceptors (Lipinski definition) is 8. The molecule has 4 amide bonds. The lowest BCUT2D eigenvalue weighted by Gasteiger charge is -2.35. The molecule has 7 rings (SSSR count). The van der Waals surface area contributed by atoms with Gasteiger partial charge in [-0.3, -0.25) is 24.1 Å². The van der Waals surface area contributed by atoms with Crippen LogP contribution < -0.4 is 15.4 Å². The highest BCUT2D eigenvalue weighted by Crippen LogP contribution is 2.35. The molecule has 2 N–H and O–H groups in total. The van der Waals surface area contributed by atoms with E-state index in [0.717, 1.165) is 68.9 Å². The molecule has 0 bridgehead atoms. The van der Waals surface area contributed by atoms with Crippen molar-refractivity contribution in [1.82, 2.24) is 25.3 Å². The minimum Gasteiger partial charge on any atom is -0.489 e. The van der Waals surface area contributed by atoms with Crippen molar-refractivity contribution in [2.45, 2.75) is 88.0 Å². The maximum absolute atomic E-state index is 13.1. The molecule has 4 fully saturated rings. The highest BCUT2D eigenvalue weighted by Gasteiger charge is 2.43. The van der Waals surface area contributed by atoms with E-state index in [4.69, 9.17) is 4.74 Å². The normalized spacial score (nSPS) is 25.6. The van der Waals surface area contributed by atoms with Gasteiger partial charge in [-0.25, -0.2) is 4.79 Å². The summed E-state index contributed by atoms with van der Waals surface area (Å²) in [6.45, 7) is 4.69. The van der Waals surface area contributed by atoms with Crippen LogP contribution in [0.5, 0.6) is 5.75 Å². The van der Waals surface area contributed by atoms with Gasteiger partial charge >= 0.3 is 6.03 Å². The molecule has 1 aliphatic carbocycles. The summed E-state index contributed by atoms with van der Waals surface area (Å²) in [5.74, 6) is 1.44. The number of Topliss-reactive ketones (excluding diaryl/α,β-unsaturated/α-hetero) is 2. The number of ketones is 2. The first kappa shape index (κ1) is 32.6. The summed E-state index contributed by atoms with van der Waals surface area (Å²) in [5.41, 5.74) is 3.58. The van der Waals surface area contributed by atoms with Gasteiger partial charge in [0, 0.05) is 67.7 Å². The van der Waals surface area contributed by atoms with E-state index in [9.17, 15) is 24.0 Å². The Morgan fingerprint density at radius 1 is 0.938 bits per heavy atom. The molecule has 4 heterocycles. The van der Waals surface area contributed by atoms with Gasteiger partial charge in [0.1, 0.15) is 18.1 Å². The van der Waals surface area contributed by atoms with E-state index in [-0.39, 0.29) is 47.9 Å². The number of ether oxygens (including phenoxy) is 1. The molecule has 0 aromatic heterocycles. The molecule has 4 atom stereocenters. The number of carbonyl (C=O) groups is 5. The van der Waals surface area contributed by atoms with Crippen LogP contribution in [0.15, 0.2) is 42.5 Å². The maximum atomic E-state index is 13.1. The minimum atomic E-state index is -0.548. The molecule has 1 saturated carbocycles. The number of carbonyl (C=O) groups excluding carboxylic acids is 5. The lowest BCUT2D eigenvalue weighted by molar-refractivity contribution is -0.134. The van der Waals surface area contributed by atoms with E-state index >= 15 is 0 Å². The SMILES string of the molecule is O=C1CCC(N2Cc3c(OCc4ccc(CN5CCN(C(=O)CCCCC6SCC7NC(=O)NC76)CC5)cc4)cccc3C2=O)C(=O)C1. The Kier molecular flexibility index (Phi) is 9.72. The van der Waals surface area contributed by atoms with Crippen LogP contribution in [0.4, 0.5) is 4.79 Å². The zero-order chi connectivity index (χ0) is 33.2. The molecule has 0 radical (unpaired) electrons. The fourth-order valence-electron chi connectivity index (χ4n) is 7.64. The van der Waals surface area contributed by atoms with E-state index in [1.54, 1.807) is 17.0 Å². The van der Waals surface area contributed by atoms with Crippen LogP contribution in [-0.4, -0.2) is 99.4 Å². The maximum Gasteiger partial charge on any atom is 0.315 e. The Bertz CT molecular complexity index is 1570. The van der Waals surface area contributed by atoms with Crippen molar-refractivity contribution in [3.8, 4) is 5.75 Å². The van der Waals surface area contributed by atoms with Crippen molar-refractivity contribution < 1.29 is 28.7 Å². The second-order valence-electron chi connectivity index (χ2n) is 13.6. The number of unbranched alkanes of at least 4 members (excludes halogenated alkanes) is 1. The zero-order valence-electron chi connectivity index (χ0n) is 27.2. The molecular weight excluding hydrogens is 630 g/mol. The molecule has 3 saturated heterocycles. The number of fused-ring (bicyclic) bond motifs is 2. The number of rotatable bonds is 11. The first-order valence-electron chi connectivity index (χ1n) is 17.2. The smallest absolute Gasteiger partial charge is 0.315 e. The van der Waals surface area contributed by atoms with Crippen LogP contribution in [0.2, 0.25) is 0 Å². The van der Waals surface area contributed by atoms with Crippen LogP contribution in [0, 0.1) is 0 Å². The van der Waals surface area contributed by atoms with Gasteiger partial charge in [0.05, 0.1) is 31.1 Å². The predicted molar refractivity (Wildman–Crippen MR) is 181 cm³/mol. The number of nitrogens with zero attached hydrogens (tertiary/aromatic N) is 3. The topological polar surface area (TPSA) is 128 Å². The summed E-state index contributed by atoms with van der Waals surface area (Å²) in [5, 5.41) is 6.46. The molecule has 5 aliphatic rings. The number of nitrogens with one attached hydrogen (secondary N) is 2. The van der Waals surface area contributed by atoms with Crippen LogP contribution in [-0.2, 0) is 34.1 Å². The van der Waals surface area contributed by atoms with E-state index in [2.05, 4.69) is 39.8 Å². The van der Waals surface area contributed by atoms with Gasteiger partial charge in [0.2, 0.25) is 5.91 Å². The molecule has 2 aromatic rings. The van der Waals surface area contributed by atoms with Gasteiger partial charge in [-0.15, -0.1) is 0 Å². The van der Waals surface area contributed by atoms with Crippen molar-refractivity contribution >= 4 is 41.2 Å². The predicted octanol–water partition coefficient (Wildman–Crippen LogP) is 3.28. The van der Waals surface area contributed by atoms with Crippen LogP contribution in [0.25, 0.3) is 0 Å². The fraction of sp³-hybridized carbons (Fsp3) is 0.528. The summed E-state index contributed by atoms with van der Waals surface area (Å²) in [6.07, 6.45) is 4.13. The van der Waals surface area contributed by atoms with Gasteiger partial charge in [-0.2, -0.15) is 11.8 Å². The van der Waals surface area contributed by atoms with Gasteiger partial charge in [-0.1, -0.05) is 36.8 Å². The van der Waals surface area contributed by atoms with E-state index < -0.39 is 6.04 Å². The molecule has 254 valence electrons. The van der Waals surface area contributed by atoms with Gasteiger partial charge in [0.15, 0.2) is 5.78 Å². The number of thioether (sulfide) groups is 1. The molecule has 0 spiro atoms. The van der Waals surface area contributed by atoms with Gasteiger partial charge < -0.3 is 25.2 Å². The summed E-state index contributed by atoms with van der Waals surface area (Å²) >= 11 is 1.92. The van der Waals surface area contributed by atoms with E-state index in [1.165, 1.54) is 5.56 Å². The second kappa shape index (κ2) is 14.3. The van der Waals surface area contributed by atoms with Crippen molar-refractivity contribution in [1.29, 1.82) is 0 Å². The third-order valence-electron chi connectivity index (χ3n) is 10.4. The molecule has 12 heteroatoms.